The summed E-state index contributed by atoms with van der Waals surface area (Å²) in [6.07, 6.45) is 0. The Labute approximate surface area is 195 Å². The largest absolute Gasteiger partial charge is 0.383 e. The van der Waals surface area contributed by atoms with Crippen molar-refractivity contribution >= 4 is 46.1 Å². The molecule has 0 amide bonds. The van der Waals surface area contributed by atoms with Gasteiger partial charge in [0.25, 0.3) is 5.89 Å². The Kier molecular flexibility index (Phi) is 6.57. The van der Waals surface area contributed by atoms with E-state index in [-0.39, 0.29) is 6.04 Å². The van der Waals surface area contributed by atoms with E-state index < -0.39 is 0 Å². The predicted octanol–water partition coefficient (Wildman–Crippen LogP) is 5.35. The lowest BCUT2D eigenvalue weighted by atomic mass is 9.95. The molecule has 1 aromatic heterocycles. The first kappa shape index (κ1) is 21.8. The van der Waals surface area contributed by atoms with Crippen molar-refractivity contribution < 1.29 is 9.26 Å². The van der Waals surface area contributed by atoms with E-state index in [4.69, 9.17) is 44.7 Å². The third-order valence-corrected chi connectivity index (χ3v) is 5.92. The number of hydrogen-bond acceptors (Lipinski definition) is 5. The standard InChI is InChI=1S/C22H20Cl2N4O2S/c1-13-18(21-26-20(27-30-21)15-5-9-17(24)10-6-15)19(14-3-7-16(23)8-4-14)25-22(31)28(13)11-12-29-2/h3-10,19H,11-12H2,1-2H3,(H,25,31). The molecule has 0 spiro atoms. The molecule has 6 nitrogen and oxygen atoms in total. The van der Waals surface area contributed by atoms with Crippen LogP contribution in [0, 0.1) is 0 Å². The minimum atomic E-state index is -0.262. The molecule has 9 heteroatoms. The molecule has 0 radical (unpaired) electrons. The van der Waals surface area contributed by atoms with Crippen LogP contribution in [0.5, 0.6) is 0 Å². The number of ether oxygens (including phenoxy) is 1. The van der Waals surface area contributed by atoms with E-state index in [0.29, 0.717) is 40.0 Å². The van der Waals surface area contributed by atoms with Gasteiger partial charge in [-0.05, 0) is 61.1 Å². The van der Waals surface area contributed by atoms with Crippen molar-refractivity contribution in [3.8, 4) is 11.4 Å². The quantitative estimate of drug-likeness (QED) is 0.482. The summed E-state index contributed by atoms with van der Waals surface area (Å²) in [7, 11) is 1.66. The third-order valence-electron chi connectivity index (χ3n) is 5.08. The van der Waals surface area contributed by atoms with Crippen molar-refractivity contribution in [1.29, 1.82) is 0 Å². The molecule has 1 N–H and O–H groups in total. The molecule has 1 atom stereocenters. The van der Waals surface area contributed by atoms with Crippen LogP contribution in [-0.4, -0.2) is 40.4 Å². The van der Waals surface area contributed by atoms with Gasteiger partial charge in [0.15, 0.2) is 5.11 Å². The summed E-state index contributed by atoms with van der Waals surface area (Å²) in [5, 5.41) is 9.50. The van der Waals surface area contributed by atoms with Crippen molar-refractivity contribution in [3.63, 3.8) is 0 Å². The van der Waals surface area contributed by atoms with Gasteiger partial charge in [-0.25, -0.2) is 0 Å². The second-order valence-corrected chi connectivity index (χ2v) is 8.27. The fourth-order valence-corrected chi connectivity index (χ4v) is 4.06. The summed E-state index contributed by atoms with van der Waals surface area (Å²) in [6.45, 7) is 3.12. The summed E-state index contributed by atoms with van der Waals surface area (Å²) < 4.78 is 11.0. The number of rotatable bonds is 6. The number of methoxy groups -OCH3 is 1. The number of nitrogens with zero attached hydrogens (tertiary/aromatic N) is 3. The molecular formula is C22H20Cl2N4O2S. The van der Waals surface area contributed by atoms with Crippen LogP contribution in [-0.2, 0) is 4.74 Å². The molecule has 4 rings (SSSR count). The predicted molar refractivity (Wildman–Crippen MR) is 126 cm³/mol. The fraction of sp³-hybridized carbons (Fsp3) is 0.227. The molecule has 2 aromatic carbocycles. The molecule has 3 aromatic rings. The van der Waals surface area contributed by atoms with Gasteiger partial charge < -0.3 is 19.5 Å². The maximum absolute atomic E-state index is 6.09. The molecule has 0 saturated heterocycles. The van der Waals surface area contributed by atoms with Crippen LogP contribution in [0.4, 0.5) is 0 Å². The van der Waals surface area contributed by atoms with E-state index in [1.807, 2.05) is 48.2 Å². The molecule has 1 unspecified atom stereocenters. The van der Waals surface area contributed by atoms with Gasteiger partial charge in [-0.15, -0.1) is 0 Å². The number of allylic oxidation sites excluding steroid dienone is 1. The van der Waals surface area contributed by atoms with Crippen molar-refractivity contribution in [3.05, 3.63) is 75.7 Å². The summed E-state index contributed by atoms with van der Waals surface area (Å²) >= 11 is 17.7. The molecule has 1 aliphatic heterocycles. The monoisotopic (exact) mass is 474 g/mol. The first-order valence-corrected chi connectivity index (χ1v) is 10.8. The fourth-order valence-electron chi connectivity index (χ4n) is 3.46. The topological polar surface area (TPSA) is 63.4 Å². The van der Waals surface area contributed by atoms with Gasteiger partial charge in [0.05, 0.1) is 18.2 Å². The lowest BCUT2D eigenvalue weighted by Gasteiger charge is -2.37. The number of benzene rings is 2. The van der Waals surface area contributed by atoms with Crippen LogP contribution in [0.1, 0.15) is 24.4 Å². The Balaban J connectivity index is 1.78. The van der Waals surface area contributed by atoms with Crippen molar-refractivity contribution in [2.75, 3.05) is 20.3 Å². The van der Waals surface area contributed by atoms with E-state index in [9.17, 15) is 0 Å². The van der Waals surface area contributed by atoms with Gasteiger partial charge in [0, 0.05) is 35.0 Å². The number of halogens is 2. The second-order valence-electron chi connectivity index (χ2n) is 7.01. The van der Waals surface area contributed by atoms with Gasteiger partial charge in [-0.1, -0.05) is 40.5 Å². The summed E-state index contributed by atoms with van der Waals surface area (Å²) in [4.78, 5) is 6.65. The van der Waals surface area contributed by atoms with Crippen molar-refractivity contribution in [2.24, 2.45) is 0 Å². The zero-order chi connectivity index (χ0) is 22.0. The van der Waals surface area contributed by atoms with Crippen LogP contribution in [0.15, 0.2) is 58.8 Å². The Hall–Kier alpha value is -2.45. The Morgan fingerprint density at radius 2 is 1.74 bits per heavy atom. The zero-order valence-electron chi connectivity index (χ0n) is 16.9. The average molecular weight is 475 g/mol. The lowest BCUT2D eigenvalue weighted by molar-refractivity contribution is 0.183. The maximum atomic E-state index is 6.09. The first-order chi connectivity index (χ1) is 15.0. The highest BCUT2D eigenvalue weighted by atomic mass is 35.5. The maximum Gasteiger partial charge on any atom is 0.258 e. The highest BCUT2D eigenvalue weighted by Crippen LogP contribution is 2.37. The van der Waals surface area contributed by atoms with Gasteiger partial charge >= 0.3 is 0 Å². The smallest absolute Gasteiger partial charge is 0.258 e. The number of nitrogens with one attached hydrogen (secondary N) is 1. The molecule has 0 aliphatic carbocycles. The molecule has 2 heterocycles. The van der Waals surface area contributed by atoms with Crippen LogP contribution in [0.3, 0.4) is 0 Å². The third kappa shape index (κ3) is 4.60. The van der Waals surface area contributed by atoms with Crippen LogP contribution >= 0.6 is 35.4 Å². The summed E-state index contributed by atoms with van der Waals surface area (Å²) in [5.41, 5.74) is 3.57. The molecular weight excluding hydrogens is 455 g/mol. The van der Waals surface area contributed by atoms with Gasteiger partial charge in [-0.3, -0.25) is 0 Å². The summed E-state index contributed by atoms with van der Waals surface area (Å²) in [6, 6.07) is 14.6. The van der Waals surface area contributed by atoms with Gasteiger partial charge in [0.2, 0.25) is 5.82 Å². The van der Waals surface area contributed by atoms with Crippen LogP contribution in [0.25, 0.3) is 17.0 Å². The van der Waals surface area contributed by atoms with Crippen LogP contribution in [0.2, 0.25) is 10.0 Å². The number of aromatic nitrogens is 2. The molecule has 31 heavy (non-hydrogen) atoms. The molecule has 0 fully saturated rings. The van der Waals surface area contributed by atoms with Crippen LogP contribution < -0.4 is 5.32 Å². The van der Waals surface area contributed by atoms with Gasteiger partial charge in [0.1, 0.15) is 0 Å². The minimum absolute atomic E-state index is 0.262. The highest BCUT2D eigenvalue weighted by Gasteiger charge is 2.33. The Bertz CT molecular complexity index is 1110. The highest BCUT2D eigenvalue weighted by molar-refractivity contribution is 7.80. The lowest BCUT2D eigenvalue weighted by Crippen LogP contribution is -2.47. The molecule has 0 saturated carbocycles. The molecule has 160 valence electrons. The Morgan fingerprint density at radius 1 is 1.10 bits per heavy atom. The number of thiocarbonyl (C=S) groups is 1. The first-order valence-electron chi connectivity index (χ1n) is 9.61. The molecule has 1 aliphatic rings. The summed E-state index contributed by atoms with van der Waals surface area (Å²) in [5.74, 6) is 0.901. The average Bonchev–Trinajstić information content (AvgIpc) is 3.24. The van der Waals surface area contributed by atoms with E-state index in [1.165, 1.54) is 0 Å². The second kappa shape index (κ2) is 9.36. The zero-order valence-corrected chi connectivity index (χ0v) is 19.3. The van der Waals surface area contributed by atoms with E-state index >= 15 is 0 Å². The number of hydrogen-bond donors (Lipinski definition) is 1. The van der Waals surface area contributed by atoms with E-state index in [2.05, 4.69) is 15.5 Å². The Morgan fingerprint density at radius 3 is 2.39 bits per heavy atom. The normalized spacial score (nSPS) is 16.6. The van der Waals surface area contributed by atoms with E-state index in [1.54, 1.807) is 19.2 Å². The van der Waals surface area contributed by atoms with E-state index in [0.717, 1.165) is 22.4 Å². The van der Waals surface area contributed by atoms with Crippen molar-refractivity contribution in [2.45, 2.75) is 13.0 Å². The van der Waals surface area contributed by atoms with Crippen molar-refractivity contribution in [1.82, 2.24) is 20.4 Å². The minimum Gasteiger partial charge on any atom is -0.383 e. The van der Waals surface area contributed by atoms with Gasteiger partial charge in [-0.2, -0.15) is 4.98 Å². The SMILES string of the molecule is COCCN1C(=S)NC(c2ccc(Cl)cc2)C(c2nc(-c3ccc(Cl)cc3)no2)=C1C. The molecule has 0 bridgehead atoms.